The van der Waals surface area contributed by atoms with E-state index in [-0.39, 0.29) is 10.6 Å². The number of aromatic nitrogens is 2. The lowest BCUT2D eigenvalue weighted by Crippen LogP contribution is -2.43. The Morgan fingerprint density at radius 3 is 2.50 bits per heavy atom. The van der Waals surface area contributed by atoms with Gasteiger partial charge < -0.3 is 0 Å². The van der Waals surface area contributed by atoms with Crippen LogP contribution in [-0.4, -0.2) is 35.4 Å². The predicted molar refractivity (Wildman–Crippen MR) is 73.5 cm³/mol. The third-order valence-electron chi connectivity index (χ3n) is 2.53. The first-order valence-corrected chi connectivity index (χ1v) is 7.82. The second kappa shape index (κ2) is 5.65. The molecule has 20 heavy (non-hydrogen) atoms. The first-order valence-electron chi connectivity index (χ1n) is 5.55. The summed E-state index contributed by atoms with van der Waals surface area (Å²) in [7, 11) is -2.53. The van der Waals surface area contributed by atoms with Crippen LogP contribution in [0.15, 0.2) is 34.5 Å². The summed E-state index contributed by atoms with van der Waals surface area (Å²) in [5, 5.41) is 5.00. The molecule has 0 saturated heterocycles. The molecule has 1 heterocycles. The van der Waals surface area contributed by atoms with E-state index in [1.807, 2.05) is 6.92 Å². The molecule has 7 nitrogen and oxygen atoms in total. The van der Waals surface area contributed by atoms with Gasteiger partial charge in [0.2, 0.25) is 0 Å². The fraction of sp³-hybridized carbons (Fsp3) is 0.182. The molecule has 0 aliphatic carbocycles. The number of nitrogens with one attached hydrogen (secondary N) is 1. The van der Waals surface area contributed by atoms with Crippen molar-refractivity contribution >= 4 is 27.5 Å². The Morgan fingerprint density at radius 2 is 1.95 bits per heavy atom. The molecule has 1 aromatic heterocycles. The number of amides is 1. The van der Waals surface area contributed by atoms with Gasteiger partial charge in [0, 0.05) is 12.4 Å². The van der Waals surface area contributed by atoms with Crippen molar-refractivity contribution in [1.82, 2.24) is 19.4 Å². The van der Waals surface area contributed by atoms with Gasteiger partial charge in [0.1, 0.15) is 0 Å². The molecule has 1 N–H and O–H groups in total. The van der Waals surface area contributed by atoms with Crippen LogP contribution in [0.1, 0.15) is 16.1 Å². The van der Waals surface area contributed by atoms with Gasteiger partial charge in [0.15, 0.2) is 5.69 Å². The molecule has 1 aromatic carbocycles. The number of nitrogens with zero attached hydrogens (tertiary/aromatic N) is 3. The zero-order valence-corrected chi connectivity index (χ0v) is 12.4. The molecule has 0 radical (unpaired) electrons. The van der Waals surface area contributed by atoms with Gasteiger partial charge in [-0.25, -0.2) is 8.42 Å². The van der Waals surface area contributed by atoms with E-state index in [1.54, 1.807) is 12.1 Å². The zero-order chi connectivity index (χ0) is 14.8. The van der Waals surface area contributed by atoms with Crippen LogP contribution >= 0.6 is 11.5 Å². The third-order valence-corrected chi connectivity index (χ3v) is 4.72. The second-order valence-corrected chi connectivity index (χ2v) is 6.60. The summed E-state index contributed by atoms with van der Waals surface area (Å²) < 4.78 is 28.8. The standard InChI is InChI=1S/C11H12N4O3S2/c1-8-3-5-9(6-4-8)20(17,18)15(2)13-11(16)10-7-19-14-12-10/h3-7H,1-2H3,(H,13,16). The molecule has 2 aromatic rings. The number of hydrogen-bond donors (Lipinski definition) is 1. The average Bonchev–Trinajstić information content (AvgIpc) is 2.93. The fourth-order valence-corrected chi connectivity index (χ4v) is 2.83. The second-order valence-electron chi connectivity index (χ2n) is 4.02. The molecule has 0 fully saturated rings. The van der Waals surface area contributed by atoms with Gasteiger partial charge in [0.25, 0.3) is 15.9 Å². The summed E-state index contributed by atoms with van der Waals surface area (Å²) in [4.78, 5) is 11.8. The summed E-state index contributed by atoms with van der Waals surface area (Å²) >= 11 is 1.01. The van der Waals surface area contributed by atoms with Crippen LogP contribution in [0.3, 0.4) is 0 Å². The van der Waals surface area contributed by atoms with Crippen molar-refractivity contribution in [3.8, 4) is 0 Å². The van der Waals surface area contributed by atoms with Crippen molar-refractivity contribution in [3.63, 3.8) is 0 Å². The van der Waals surface area contributed by atoms with E-state index in [9.17, 15) is 13.2 Å². The minimum Gasteiger partial charge on any atom is -0.270 e. The topological polar surface area (TPSA) is 92.3 Å². The van der Waals surface area contributed by atoms with Crippen molar-refractivity contribution < 1.29 is 13.2 Å². The molecule has 0 spiro atoms. The molecule has 2 rings (SSSR count). The number of hydrazine groups is 1. The highest BCUT2D eigenvalue weighted by atomic mass is 32.2. The Kier molecular flexibility index (Phi) is 4.12. The highest BCUT2D eigenvalue weighted by Crippen LogP contribution is 2.13. The average molecular weight is 312 g/mol. The smallest absolute Gasteiger partial charge is 0.270 e. The predicted octanol–water partition coefficient (Wildman–Crippen LogP) is 0.812. The lowest BCUT2D eigenvalue weighted by molar-refractivity contribution is 0.0888. The van der Waals surface area contributed by atoms with Crippen LogP contribution in [0.4, 0.5) is 0 Å². The molecule has 0 unspecified atom stereocenters. The van der Waals surface area contributed by atoms with Crippen LogP contribution in [0.2, 0.25) is 0 Å². The number of carbonyl (C=O) groups excluding carboxylic acids is 1. The van der Waals surface area contributed by atoms with Gasteiger partial charge in [0.05, 0.1) is 4.90 Å². The molecule has 0 aliphatic heterocycles. The number of hydrogen-bond acceptors (Lipinski definition) is 6. The van der Waals surface area contributed by atoms with Crippen molar-refractivity contribution in [1.29, 1.82) is 0 Å². The van der Waals surface area contributed by atoms with Crippen molar-refractivity contribution in [2.24, 2.45) is 0 Å². The Bertz CT molecular complexity index is 696. The molecular weight excluding hydrogens is 300 g/mol. The van der Waals surface area contributed by atoms with Crippen LogP contribution in [0.25, 0.3) is 0 Å². The number of sulfonamides is 1. The van der Waals surface area contributed by atoms with E-state index >= 15 is 0 Å². The lowest BCUT2D eigenvalue weighted by atomic mass is 10.2. The Morgan fingerprint density at radius 1 is 1.30 bits per heavy atom. The first kappa shape index (κ1) is 14.6. The molecule has 0 atom stereocenters. The van der Waals surface area contributed by atoms with Gasteiger partial charge in [-0.3, -0.25) is 10.2 Å². The van der Waals surface area contributed by atoms with Crippen molar-refractivity contribution in [3.05, 3.63) is 40.9 Å². The summed E-state index contributed by atoms with van der Waals surface area (Å²) in [6.45, 7) is 1.86. The molecular formula is C11H12N4O3S2. The van der Waals surface area contributed by atoms with E-state index in [4.69, 9.17) is 0 Å². The SMILES string of the molecule is Cc1ccc(S(=O)(=O)N(C)NC(=O)c2csnn2)cc1. The van der Waals surface area contributed by atoms with Gasteiger partial charge in [-0.1, -0.05) is 22.2 Å². The molecule has 1 amide bonds. The minimum atomic E-state index is -3.79. The van der Waals surface area contributed by atoms with Crippen LogP contribution in [0, 0.1) is 6.92 Å². The lowest BCUT2D eigenvalue weighted by Gasteiger charge is -2.17. The van der Waals surface area contributed by atoms with Crippen molar-refractivity contribution in [2.75, 3.05) is 7.05 Å². The first-order chi connectivity index (χ1) is 9.41. The summed E-state index contributed by atoms with van der Waals surface area (Å²) in [6, 6.07) is 6.34. The summed E-state index contributed by atoms with van der Waals surface area (Å²) in [6.07, 6.45) is 0. The number of carbonyl (C=O) groups is 1. The monoisotopic (exact) mass is 312 g/mol. The number of benzene rings is 1. The fourth-order valence-electron chi connectivity index (χ4n) is 1.39. The molecule has 0 aliphatic rings. The maximum absolute atomic E-state index is 12.2. The largest absolute Gasteiger partial charge is 0.287 e. The van der Waals surface area contributed by atoms with Crippen LogP contribution < -0.4 is 5.43 Å². The van der Waals surface area contributed by atoms with Gasteiger partial charge in [-0.2, -0.15) is 0 Å². The van der Waals surface area contributed by atoms with Gasteiger partial charge >= 0.3 is 0 Å². The summed E-state index contributed by atoms with van der Waals surface area (Å²) in [5.74, 6) is -0.628. The van der Waals surface area contributed by atoms with E-state index in [0.29, 0.717) is 0 Å². The molecule has 106 valence electrons. The molecule has 0 bridgehead atoms. The number of rotatable bonds is 4. The third kappa shape index (κ3) is 3.00. The molecule has 0 saturated carbocycles. The van der Waals surface area contributed by atoms with Crippen molar-refractivity contribution in [2.45, 2.75) is 11.8 Å². The van der Waals surface area contributed by atoms with E-state index in [2.05, 4.69) is 15.0 Å². The number of aryl methyl sites for hydroxylation is 1. The Hall–Kier alpha value is -1.84. The van der Waals surface area contributed by atoms with Gasteiger partial charge in [-0.05, 0) is 30.6 Å². The normalized spacial score (nSPS) is 11.6. The maximum atomic E-state index is 12.2. The minimum absolute atomic E-state index is 0.0703. The van der Waals surface area contributed by atoms with Crippen LogP contribution in [-0.2, 0) is 10.0 Å². The Balaban J connectivity index is 2.17. The summed E-state index contributed by atoms with van der Waals surface area (Å²) in [5.41, 5.74) is 3.26. The highest BCUT2D eigenvalue weighted by molar-refractivity contribution is 7.89. The van der Waals surface area contributed by atoms with E-state index in [0.717, 1.165) is 21.5 Å². The maximum Gasteiger partial charge on any atom is 0.287 e. The Labute approximate surface area is 120 Å². The zero-order valence-electron chi connectivity index (χ0n) is 10.8. The molecule has 9 heteroatoms. The van der Waals surface area contributed by atoms with Gasteiger partial charge in [-0.15, -0.1) is 9.51 Å². The van der Waals surface area contributed by atoms with Crippen LogP contribution in [0.5, 0.6) is 0 Å². The highest BCUT2D eigenvalue weighted by Gasteiger charge is 2.23. The van der Waals surface area contributed by atoms with E-state index in [1.165, 1.54) is 24.6 Å². The quantitative estimate of drug-likeness (QED) is 0.844. The van der Waals surface area contributed by atoms with E-state index < -0.39 is 15.9 Å².